The smallest absolute Gasteiger partial charge is 0.123 e. The van der Waals surface area contributed by atoms with Crippen LogP contribution in [0.25, 0.3) is 0 Å². The van der Waals surface area contributed by atoms with Crippen LogP contribution >= 0.6 is 11.6 Å². The van der Waals surface area contributed by atoms with E-state index in [-0.39, 0.29) is 5.54 Å². The zero-order valence-corrected chi connectivity index (χ0v) is 11.8. The van der Waals surface area contributed by atoms with Gasteiger partial charge in [-0.15, -0.1) is 0 Å². The number of halogens is 1. The molecule has 1 fully saturated rings. The van der Waals surface area contributed by atoms with Gasteiger partial charge in [-0.25, -0.2) is 0 Å². The molecule has 0 spiro atoms. The van der Waals surface area contributed by atoms with Gasteiger partial charge in [0.05, 0.1) is 7.11 Å². The molecule has 100 valence electrons. The number of likely N-dealkylation sites (tertiary alicyclic amines) is 1. The van der Waals surface area contributed by atoms with Gasteiger partial charge < -0.3 is 10.5 Å². The molecule has 1 saturated heterocycles. The second-order valence-electron chi connectivity index (χ2n) is 5.21. The van der Waals surface area contributed by atoms with Gasteiger partial charge in [0.1, 0.15) is 5.75 Å². The van der Waals surface area contributed by atoms with Crippen LogP contribution in [0, 0.1) is 0 Å². The van der Waals surface area contributed by atoms with Crippen LogP contribution < -0.4 is 10.5 Å². The number of nitrogens with zero attached hydrogens (tertiary/aromatic N) is 1. The van der Waals surface area contributed by atoms with E-state index in [0.717, 1.165) is 48.8 Å². The van der Waals surface area contributed by atoms with E-state index in [9.17, 15) is 0 Å². The molecule has 1 aromatic rings. The van der Waals surface area contributed by atoms with Gasteiger partial charge in [-0.05, 0) is 24.6 Å². The van der Waals surface area contributed by atoms with Gasteiger partial charge in [0, 0.05) is 35.8 Å². The molecule has 1 aromatic carbocycles. The molecule has 1 heterocycles. The molecule has 0 aliphatic carbocycles. The topological polar surface area (TPSA) is 38.5 Å². The number of rotatable bonds is 5. The van der Waals surface area contributed by atoms with Gasteiger partial charge in [0.25, 0.3) is 0 Å². The average Bonchev–Trinajstić information content (AvgIpc) is 2.27. The molecule has 0 unspecified atom stereocenters. The van der Waals surface area contributed by atoms with E-state index in [2.05, 4.69) is 11.8 Å². The maximum absolute atomic E-state index is 6.26. The summed E-state index contributed by atoms with van der Waals surface area (Å²) in [5, 5.41) is 0.749. The molecule has 0 amide bonds. The first-order chi connectivity index (χ1) is 8.56. The van der Waals surface area contributed by atoms with Crippen LogP contribution in [0.4, 0.5) is 0 Å². The Hall–Kier alpha value is -0.770. The van der Waals surface area contributed by atoms with Gasteiger partial charge in [0.2, 0.25) is 0 Å². The Labute approximate surface area is 114 Å². The quantitative estimate of drug-likeness (QED) is 0.892. The summed E-state index contributed by atoms with van der Waals surface area (Å²) in [6, 6.07) is 5.74. The van der Waals surface area contributed by atoms with Gasteiger partial charge in [-0.1, -0.05) is 24.9 Å². The first-order valence-corrected chi connectivity index (χ1v) is 6.78. The molecule has 18 heavy (non-hydrogen) atoms. The molecular weight excluding hydrogens is 248 g/mol. The monoisotopic (exact) mass is 268 g/mol. The SMILES string of the molecule is CCCC1(N)CN(Cc2cc(Cl)ccc2OC)C1. The number of hydrogen-bond donors (Lipinski definition) is 1. The Morgan fingerprint density at radius 1 is 1.44 bits per heavy atom. The Bertz CT molecular complexity index is 416. The van der Waals surface area contributed by atoms with Crippen LogP contribution in [0.2, 0.25) is 5.02 Å². The number of nitrogens with two attached hydrogens (primary N) is 1. The van der Waals surface area contributed by atoms with E-state index in [0.29, 0.717) is 0 Å². The fourth-order valence-electron chi connectivity index (χ4n) is 2.72. The van der Waals surface area contributed by atoms with Crippen molar-refractivity contribution < 1.29 is 4.74 Å². The van der Waals surface area contributed by atoms with Gasteiger partial charge in [-0.2, -0.15) is 0 Å². The minimum Gasteiger partial charge on any atom is -0.496 e. The molecule has 2 N–H and O–H groups in total. The summed E-state index contributed by atoms with van der Waals surface area (Å²) in [6.45, 7) is 4.94. The van der Waals surface area contributed by atoms with Crippen molar-refractivity contribution in [1.29, 1.82) is 0 Å². The maximum Gasteiger partial charge on any atom is 0.123 e. The highest BCUT2D eigenvalue weighted by atomic mass is 35.5. The normalized spacial score (nSPS) is 18.4. The van der Waals surface area contributed by atoms with Crippen LogP contribution in [0.15, 0.2) is 18.2 Å². The number of benzene rings is 1. The lowest BCUT2D eigenvalue weighted by atomic mass is 9.86. The summed E-state index contributed by atoms with van der Waals surface area (Å²) in [5.41, 5.74) is 7.40. The van der Waals surface area contributed by atoms with E-state index in [1.165, 1.54) is 0 Å². The molecule has 0 radical (unpaired) electrons. The number of methoxy groups -OCH3 is 1. The second kappa shape index (κ2) is 5.47. The van der Waals surface area contributed by atoms with E-state index in [1.54, 1.807) is 7.11 Å². The van der Waals surface area contributed by atoms with E-state index in [1.807, 2.05) is 18.2 Å². The average molecular weight is 269 g/mol. The Kier molecular flexibility index (Phi) is 4.15. The van der Waals surface area contributed by atoms with E-state index >= 15 is 0 Å². The molecule has 1 aliphatic heterocycles. The van der Waals surface area contributed by atoms with Gasteiger partial charge >= 0.3 is 0 Å². The van der Waals surface area contributed by atoms with Crippen molar-refractivity contribution in [2.24, 2.45) is 5.73 Å². The first kappa shape index (κ1) is 13.7. The van der Waals surface area contributed by atoms with Crippen molar-refractivity contribution in [3.63, 3.8) is 0 Å². The highest BCUT2D eigenvalue weighted by Crippen LogP contribution is 2.29. The van der Waals surface area contributed by atoms with Crippen LogP contribution in [0.3, 0.4) is 0 Å². The van der Waals surface area contributed by atoms with Crippen molar-refractivity contribution >= 4 is 11.6 Å². The van der Waals surface area contributed by atoms with Crippen molar-refractivity contribution in [2.75, 3.05) is 20.2 Å². The highest BCUT2D eigenvalue weighted by Gasteiger charge is 2.38. The molecule has 0 saturated carbocycles. The van der Waals surface area contributed by atoms with Crippen LogP contribution in [-0.2, 0) is 6.54 Å². The lowest BCUT2D eigenvalue weighted by molar-refractivity contribution is 0.0561. The highest BCUT2D eigenvalue weighted by molar-refractivity contribution is 6.30. The predicted octanol–water partition coefficient (Wildman–Crippen LogP) is 2.66. The molecule has 0 aromatic heterocycles. The molecule has 4 heteroatoms. The Morgan fingerprint density at radius 2 is 2.17 bits per heavy atom. The van der Waals surface area contributed by atoms with Crippen molar-refractivity contribution in [3.8, 4) is 5.75 Å². The molecule has 2 rings (SSSR count). The minimum atomic E-state index is 0.0144. The number of hydrogen-bond acceptors (Lipinski definition) is 3. The van der Waals surface area contributed by atoms with E-state index < -0.39 is 0 Å². The number of ether oxygens (including phenoxy) is 1. The Morgan fingerprint density at radius 3 is 2.78 bits per heavy atom. The maximum atomic E-state index is 6.26. The second-order valence-corrected chi connectivity index (χ2v) is 5.65. The first-order valence-electron chi connectivity index (χ1n) is 6.40. The summed E-state index contributed by atoms with van der Waals surface area (Å²) in [4.78, 5) is 2.34. The summed E-state index contributed by atoms with van der Waals surface area (Å²) in [6.07, 6.45) is 2.24. The zero-order chi connectivity index (χ0) is 13.2. The van der Waals surface area contributed by atoms with Crippen LogP contribution in [-0.4, -0.2) is 30.6 Å². The molecule has 0 bridgehead atoms. The summed E-state index contributed by atoms with van der Waals surface area (Å²) in [5.74, 6) is 0.893. The van der Waals surface area contributed by atoms with Crippen molar-refractivity contribution in [3.05, 3.63) is 28.8 Å². The summed E-state index contributed by atoms with van der Waals surface area (Å²) < 4.78 is 5.35. The van der Waals surface area contributed by atoms with Crippen molar-refractivity contribution in [1.82, 2.24) is 4.90 Å². The molecular formula is C14H21ClN2O. The van der Waals surface area contributed by atoms with E-state index in [4.69, 9.17) is 22.1 Å². The third-order valence-electron chi connectivity index (χ3n) is 3.46. The fraction of sp³-hybridized carbons (Fsp3) is 0.571. The van der Waals surface area contributed by atoms with Gasteiger partial charge in [0.15, 0.2) is 0 Å². The fourth-order valence-corrected chi connectivity index (χ4v) is 2.92. The Balaban J connectivity index is 1.97. The third kappa shape index (κ3) is 2.97. The standard InChI is InChI=1S/C14H21ClN2O/c1-3-6-14(16)9-17(10-14)8-11-7-12(15)4-5-13(11)18-2/h4-5,7H,3,6,8-10,16H2,1-2H3. The molecule has 3 nitrogen and oxygen atoms in total. The summed E-state index contributed by atoms with van der Waals surface area (Å²) >= 11 is 6.03. The third-order valence-corrected chi connectivity index (χ3v) is 3.70. The minimum absolute atomic E-state index is 0.0144. The predicted molar refractivity (Wildman–Crippen MR) is 75.1 cm³/mol. The molecule has 1 aliphatic rings. The lowest BCUT2D eigenvalue weighted by Crippen LogP contribution is -2.66. The van der Waals surface area contributed by atoms with Crippen LogP contribution in [0.1, 0.15) is 25.3 Å². The zero-order valence-electron chi connectivity index (χ0n) is 11.1. The van der Waals surface area contributed by atoms with Crippen molar-refractivity contribution in [2.45, 2.75) is 31.8 Å². The molecule has 0 atom stereocenters. The lowest BCUT2D eigenvalue weighted by Gasteiger charge is -2.48. The van der Waals surface area contributed by atoms with Gasteiger partial charge in [-0.3, -0.25) is 4.90 Å². The summed E-state index contributed by atoms with van der Waals surface area (Å²) in [7, 11) is 1.69. The van der Waals surface area contributed by atoms with Crippen LogP contribution in [0.5, 0.6) is 5.75 Å². The largest absolute Gasteiger partial charge is 0.496 e.